The molecule has 0 aliphatic carbocycles. The Morgan fingerprint density at radius 3 is 2.19 bits per heavy atom. The molecule has 4 N–H and O–H groups in total. The van der Waals surface area contributed by atoms with Crippen molar-refractivity contribution < 1.29 is 27.9 Å². The van der Waals surface area contributed by atoms with Gasteiger partial charge in [0.15, 0.2) is 0 Å². The van der Waals surface area contributed by atoms with Crippen molar-refractivity contribution >= 4 is 45.1 Å². The molecule has 0 atom stereocenters. The van der Waals surface area contributed by atoms with E-state index in [1.165, 1.54) is 36.4 Å². The van der Waals surface area contributed by atoms with Crippen LogP contribution in [-0.2, 0) is 19.6 Å². The molecular weight excluding hydrogens is 386 g/mol. The van der Waals surface area contributed by atoms with E-state index in [9.17, 15) is 22.8 Å². The summed E-state index contributed by atoms with van der Waals surface area (Å²) < 4.78 is 24.3. The average Bonchev–Trinajstić information content (AvgIpc) is 2.61. The zero-order chi connectivity index (χ0) is 19.5. The zero-order valence-corrected chi connectivity index (χ0v) is 14.5. The predicted molar refractivity (Wildman–Crippen MR) is 91.7 cm³/mol. The summed E-state index contributed by atoms with van der Waals surface area (Å²) in [6, 6.07) is 10.1. The number of benzene rings is 2. The monoisotopic (exact) mass is 397 g/mol. The number of nitrogens with two attached hydrogens (primary N) is 1. The standard InChI is InChI=1S/C15H12ClN3O6S/c16-9-5-7-10(8-6-9)26(24,25)19(17)14(21)13(20)18-12-4-2-1-3-11(12)15(22)23/h1-8H,17H2,(H,18,20)(H,22,23). The van der Waals surface area contributed by atoms with Crippen molar-refractivity contribution in [3.63, 3.8) is 0 Å². The van der Waals surface area contributed by atoms with Crippen LogP contribution in [0.1, 0.15) is 10.4 Å². The number of hydrogen-bond donors (Lipinski definition) is 3. The first-order valence-electron chi connectivity index (χ1n) is 6.88. The highest BCUT2D eigenvalue weighted by atomic mass is 35.5. The first-order chi connectivity index (χ1) is 12.1. The molecule has 2 aromatic rings. The lowest BCUT2D eigenvalue weighted by Gasteiger charge is -2.16. The summed E-state index contributed by atoms with van der Waals surface area (Å²) in [5.41, 5.74) is -0.464. The van der Waals surface area contributed by atoms with Crippen LogP contribution in [0.4, 0.5) is 5.69 Å². The summed E-state index contributed by atoms with van der Waals surface area (Å²) in [6.07, 6.45) is 0. The van der Waals surface area contributed by atoms with Gasteiger partial charge in [0.05, 0.1) is 16.1 Å². The van der Waals surface area contributed by atoms with Crippen LogP contribution in [-0.4, -0.2) is 35.7 Å². The van der Waals surface area contributed by atoms with Crippen molar-refractivity contribution in [1.82, 2.24) is 4.41 Å². The number of halogens is 1. The molecule has 0 spiro atoms. The summed E-state index contributed by atoms with van der Waals surface area (Å²) in [6.45, 7) is 0. The molecule has 136 valence electrons. The molecule has 0 aliphatic rings. The van der Waals surface area contributed by atoms with Gasteiger partial charge < -0.3 is 10.4 Å². The lowest BCUT2D eigenvalue weighted by Crippen LogP contribution is -2.47. The number of carboxylic acids is 1. The van der Waals surface area contributed by atoms with E-state index >= 15 is 0 Å². The van der Waals surface area contributed by atoms with Gasteiger partial charge in [-0.15, -0.1) is 0 Å². The summed E-state index contributed by atoms with van der Waals surface area (Å²) in [4.78, 5) is 34.8. The maximum Gasteiger partial charge on any atom is 0.340 e. The van der Waals surface area contributed by atoms with E-state index in [2.05, 4.69) is 0 Å². The highest BCUT2D eigenvalue weighted by Gasteiger charge is 2.31. The maximum atomic E-state index is 12.3. The second kappa shape index (κ2) is 7.52. The van der Waals surface area contributed by atoms with E-state index in [1.807, 2.05) is 5.32 Å². The van der Waals surface area contributed by atoms with Gasteiger partial charge in [0, 0.05) is 5.02 Å². The zero-order valence-electron chi connectivity index (χ0n) is 12.9. The van der Waals surface area contributed by atoms with Crippen LogP contribution < -0.4 is 11.2 Å². The van der Waals surface area contributed by atoms with Gasteiger partial charge in [-0.05, 0) is 36.4 Å². The van der Waals surface area contributed by atoms with Crippen LogP contribution in [0.3, 0.4) is 0 Å². The molecule has 0 heterocycles. The average molecular weight is 398 g/mol. The maximum absolute atomic E-state index is 12.3. The van der Waals surface area contributed by atoms with E-state index in [-0.39, 0.29) is 25.6 Å². The molecule has 0 saturated carbocycles. The fourth-order valence-electron chi connectivity index (χ4n) is 1.88. The molecule has 0 aliphatic heterocycles. The smallest absolute Gasteiger partial charge is 0.340 e. The first-order valence-corrected chi connectivity index (χ1v) is 8.69. The Bertz CT molecular complexity index is 975. The number of carbonyl (C=O) groups excluding carboxylic acids is 2. The first kappa shape index (κ1) is 19.4. The molecule has 2 rings (SSSR count). The number of rotatable bonds is 4. The molecule has 2 amide bonds. The van der Waals surface area contributed by atoms with Crippen LogP contribution in [0, 0.1) is 0 Å². The van der Waals surface area contributed by atoms with Gasteiger partial charge in [-0.2, -0.15) is 12.8 Å². The molecule has 0 unspecified atom stereocenters. The number of hydrogen-bond acceptors (Lipinski definition) is 6. The van der Waals surface area contributed by atoms with E-state index in [0.717, 1.165) is 12.1 Å². The van der Waals surface area contributed by atoms with Gasteiger partial charge in [-0.25, -0.2) is 10.6 Å². The van der Waals surface area contributed by atoms with Crippen LogP contribution in [0.15, 0.2) is 53.4 Å². The second-order valence-corrected chi connectivity index (χ2v) is 7.12. The van der Waals surface area contributed by atoms with Crippen molar-refractivity contribution in [2.75, 3.05) is 5.32 Å². The number of nitrogens with one attached hydrogen (secondary N) is 1. The minimum Gasteiger partial charge on any atom is -0.478 e. The fourth-order valence-corrected chi connectivity index (χ4v) is 3.02. The quantitative estimate of drug-likeness (QED) is 0.302. The summed E-state index contributed by atoms with van der Waals surface area (Å²) in [7, 11) is -4.49. The molecule has 0 saturated heterocycles. The number of carboxylic acid groups (broad SMARTS) is 1. The third kappa shape index (κ3) is 3.99. The van der Waals surface area contributed by atoms with Crippen LogP contribution >= 0.6 is 11.6 Å². The predicted octanol–water partition coefficient (Wildman–Crippen LogP) is 1.07. The summed E-state index contributed by atoms with van der Waals surface area (Å²) in [5.74, 6) is 0.947. The van der Waals surface area contributed by atoms with Gasteiger partial charge >= 0.3 is 17.8 Å². The topological polar surface area (TPSA) is 147 Å². The van der Waals surface area contributed by atoms with Crippen molar-refractivity contribution in [3.05, 3.63) is 59.1 Å². The van der Waals surface area contributed by atoms with E-state index < -0.39 is 27.8 Å². The van der Waals surface area contributed by atoms with E-state index in [0.29, 0.717) is 0 Å². The lowest BCUT2D eigenvalue weighted by atomic mass is 10.2. The molecule has 0 radical (unpaired) electrons. The van der Waals surface area contributed by atoms with Crippen molar-refractivity contribution in [3.8, 4) is 0 Å². The second-order valence-electron chi connectivity index (χ2n) is 4.86. The van der Waals surface area contributed by atoms with Crippen molar-refractivity contribution in [1.29, 1.82) is 0 Å². The molecular formula is C15H12ClN3O6S. The molecule has 26 heavy (non-hydrogen) atoms. The number of anilines is 1. The molecule has 2 aromatic carbocycles. The Morgan fingerprint density at radius 2 is 1.62 bits per heavy atom. The Morgan fingerprint density at radius 1 is 1.04 bits per heavy atom. The Hall–Kier alpha value is -2.95. The largest absolute Gasteiger partial charge is 0.478 e. The number of nitrogens with zero attached hydrogens (tertiary/aromatic N) is 1. The number of hydrazine groups is 1. The van der Waals surface area contributed by atoms with Crippen LogP contribution in [0.25, 0.3) is 0 Å². The molecule has 0 fully saturated rings. The highest BCUT2D eigenvalue weighted by molar-refractivity contribution is 7.89. The highest BCUT2D eigenvalue weighted by Crippen LogP contribution is 2.18. The Kier molecular flexibility index (Phi) is 5.60. The van der Waals surface area contributed by atoms with Crippen LogP contribution in [0.2, 0.25) is 5.02 Å². The summed E-state index contributed by atoms with van der Waals surface area (Å²) >= 11 is 5.67. The molecule has 0 bridgehead atoms. The third-order valence-electron chi connectivity index (χ3n) is 3.17. The van der Waals surface area contributed by atoms with Gasteiger partial charge in [0.2, 0.25) is 0 Å². The van der Waals surface area contributed by atoms with Crippen molar-refractivity contribution in [2.24, 2.45) is 5.84 Å². The lowest BCUT2D eigenvalue weighted by molar-refractivity contribution is -0.140. The SMILES string of the molecule is NN(C(=O)C(=O)Nc1ccccc1C(=O)O)S(=O)(=O)c1ccc(Cl)cc1. The third-order valence-corrected chi connectivity index (χ3v) is 4.97. The Labute approximate surface area is 153 Å². The van der Waals surface area contributed by atoms with Gasteiger partial charge in [0.25, 0.3) is 10.0 Å². The number of aromatic carboxylic acids is 1. The Balaban J connectivity index is 2.24. The normalized spacial score (nSPS) is 10.8. The minimum absolute atomic E-state index is 0.185. The van der Waals surface area contributed by atoms with E-state index in [4.69, 9.17) is 22.6 Å². The summed E-state index contributed by atoms with van der Waals surface area (Å²) in [5, 5.41) is 11.3. The van der Waals surface area contributed by atoms with Crippen LogP contribution in [0.5, 0.6) is 0 Å². The molecule has 9 nitrogen and oxygen atoms in total. The van der Waals surface area contributed by atoms with E-state index in [1.54, 1.807) is 0 Å². The van der Waals surface area contributed by atoms with Gasteiger partial charge in [-0.3, -0.25) is 9.59 Å². The van der Waals surface area contributed by atoms with Gasteiger partial charge in [-0.1, -0.05) is 23.7 Å². The van der Waals surface area contributed by atoms with Crippen molar-refractivity contribution in [2.45, 2.75) is 4.90 Å². The number of carbonyl (C=O) groups is 3. The van der Waals surface area contributed by atoms with Gasteiger partial charge in [0.1, 0.15) is 0 Å². The number of sulfonamides is 1. The minimum atomic E-state index is -4.49. The number of para-hydroxylation sites is 1. The molecule has 0 aromatic heterocycles. The molecule has 11 heteroatoms. The fraction of sp³-hybridized carbons (Fsp3) is 0. The number of amides is 2.